The molecule has 2 N–H and O–H groups in total. The smallest absolute Gasteiger partial charge is 0.282 e. The molecule has 2 rings (SSSR count). The standard InChI is InChI=1S/C7H7BrN2OS/c8-6-2-1-5(12-6)4-3-11-7(9)10-4/h1-2,4H,3H2,(H2,9,10). The summed E-state index contributed by atoms with van der Waals surface area (Å²) in [5, 5.41) is 0. The number of thiophene rings is 1. The van der Waals surface area contributed by atoms with E-state index in [2.05, 4.69) is 20.9 Å². The van der Waals surface area contributed by atoms with Crippen molar-refractivity contribution in [1.29, 1.82) is 0 Å². The van der Waals surface area contributed by atoms with E-state index < -0.39 is 0 Å². The molecule has 5 heteroatoms. The molecule has 1 aliphatic rings. The molecular formula is C7H7BrN2OS. The zero-order valence-electron chi connectivity index (χ0n) is 6.16. The predicted molar refractivity (Wildman–Crippen MR) is 52.3 cm³/mol. The SMILES string of the molecule is NC1=NC(c2ccc(Br)s2)CO1. The first-order valence-corrected chi connectivity index (χ1v) is 5.08. The van der Waals surface area contributed by atoms with Crippen LogP contribution in [0.4, 0.5) is 0 Å². The Bertz CT molecular complexity index is 323. The summed E-state index contributed by atoms with van der Waals surface area (Å²) in [4.78, 5) is 5.32. The molecule has 1 unspecified atom stereocenters. The number of halogens is 1. The van der Waals surface area contributed by atoms with Gasteiger partial charge in [-0.1, -0.05) is 0 Å². The average Bonchev–Trinajstić information content (AvgIpc) is 2.58. The number of rotatable bonds is 1. The summed E-state index contributed by atoms with van der Waals surface area (Å²) in [6.07, 6.45) is 0. The Morgan fingerprint density at radius 3 is 3.00 bits per heavy atom. The van der Waals surface area contributed by atoms with Gasteiger partial charge in [0.1, 0.15) is 12.6 Å². The van der Waals surface area contributed by atoms with Crippen LogP contribution in [0.3, 0.4) is 0 Å². The third kappa shape index (κ3) is 1.47. The quantitative estimate of drug-likeness (QED) is 0.823. The maximum absolute atomic E-state index is 5.39. The molecule has 2 heterocycles. The molecule has 0 bridgehead atoms. The lowest BCUT2D eigenvalue weighted by Crippen LogP contribution is -2.10. The molecule has 1 atom stereocenters. The predicted octanol–water partition coefficient (Wildman–Crippen LogP) is 1.90. The minimum absolute atomic E-state index is 0.0984. The monoisotopic (exact) mass is 246 g/mol. The van der Waals surface area contributed by atoms with Crippen LogP contribution in [0, 0.1) is 0 Å². The molecule has 0 saturated carbocycles. The van der Waals surface area contributed by atoms with E-state index in [9.17, 15) is 0 Å². The summed E-state index contributed by atoms with van der Waals surface area (Å²) in [5.41, 5.74) is 5.39. The van der Waals surface area contributed by atoms with Crippen LogP contribution in [0.2, 0.25) is 0 Å². The molecule has 1 aromatic heterocycles. The van der Waals surface area contributed by atoms with Gasteiger partial charge in [-0.3, -0.25) is 0 Å². The summed E-state index contributed by atoms with van der Waals surface area (Å²) in [6, 6.07) is 4.43. The second-order valence-corrected chi connectivity index (χ2v) is 4.93. The van der Waals surface area contributed by atoms with Crippen molar-refractivity contribution in [3.05, 3.63) is 20.8 Å². The van der Waals surface area contributed by atoms with Crippen molar-refractivity contribution in [2.75, 3.05) is 6.61 Å². The third-order valence-corrected chi connectivity index (χ3v) is 3.32. The number of hydrogen-bond acceptors (Lipinski definition) is 4. The van der Waals surface area contributed by atoms with Crippen molar-refractivity contribution in [1.82, 2.24) is 0 Å². The minimum atomic E-state index is 0.0984. The van der Waals surface area contributed by atoms with Crippen LogP contribution in [0.5, 0.6) is 0 Å². The molecule has 1 aromatic rings. The number of hydrogen-bond donors (Lipinski definition) is 1. The van der Waals surface area contributed by atoms with Gasteiger partial charge in [-0.2, -0.15) is 0 Å². The van der Waals surface area contributed by atoms with Crippen molar-refractivity contribution in [3.8, 4) is 0 Å². The van der Waals surface area contributed by atoms with Gasteiger partial charge in [0.2, 0.25) is 0 Å². The van der Waals surface area contributed by atoms with Crippen molar-refractivity contribution in [2.24, 2.45) is 10.7 Å². The van der Waals surface area contributed by atoms with Crippen LogP contribution < -0.4 is 5.73 Å². The van der Waals surface area contributed by atoms with E-state index in [-0.39, 0.29) is 6.04 Å². The van der Waals surface area contributed by atoms with Crippen LogP contribution in [-0.2, 0) is 4.74 Å². The van der Waals surface area contributed by atoms with Gasteiger partial charge in [0.15, 0.2) is 0 Å². The molecule has 0 amide bonds. The average molecular weight is 247 g/mol. The van der Waals surface area contributed by atoms with Crippen LogP contribution in [0.1, 0.15) is 10.9 Å². The first-order valence-electron chi connectivity index (χ1n) is 3.47. The molecule has 0 spiro atoms. The van der Waals surface area contributed by atoms with Gasteiger partial charge >= 0.3 is 0 Å². The molecule has 1 aliphatic heterocycles. The van der Waals surface area contributed by atoms with E-state index in [1.165, 1.54) is 4.88 Å². The summed E-state index contributed by atoms with van der Waals surface area (Å²) in [5.74, 6) is 0. The highest BCUT2D eigenvalue weighted by molar-refractivity contribution is 9.11. The van der Waals surface area contributed by atoms with Crippen molar-refractivity contribution >= 4 is 33.3 Å². The van der Waals surface area contributed by atoms with Crippen molar-refractivity contribution < 1.29 is 4.74 Å². The van der Waals surface area contributed by atoms with Crippen LogP contribution in [0.15, 0.2) is 20.9 Å². The topological polar surface area (TPSA) is 47.6 Å². The number of ether oxygens (including phenoxy) is 1. The Hall–Kier alpha value is -0.550. The van der Waals surface area contributed by atoms with Gasteiger partial charge in [0.25, 0.3) is 6.02 Å². The number of nitrogens with two attached hydrogens (primary N) is 1. The van der Waals surface area contributed by atoms with E-state index >= 15 is 0 Å². The lowest BCUT2D eigenvalue weighted by Gasteiger charge is -1.98. The van der Waals surface area contributed by atoms with E-state index in [0.717, 1.165) is 3.79 Å². The second-order valence-electron chi connectivity index (χ2n) is 2.44. The zero-order valence-corrected chi connectivity index (χ0v) is 8.56. The largest absolute Gasteiger partial charge is 0.463 e. The Kier molecular flexibility index (Phi) is 2.06. The Labute approximate surface area is 82.4 Å². The summed E-state index contributed by atoms with van der Waals surface area (Å²) >= 11 is 5.05. The molecule has 0 aliphatic carbocycles. The Morgan fingerprint density at radius 2 is 2.50 bits per heavy atom. The molecule has 0 radical (unpaired) electrons. The van der Waals surface area contributed by atoms with Gasteiger partial charge in [0, 0.05) is 4.88 Å². The lowest BCUT2D eigenvalue weighted by molar-refractivity contribution is 0.316. The van der Waals surface area contributed by atoms with Gasteiger partial charge in [0.05, 0.1) is 3.79 Å². The van der Waals surface area contributed by atoms with Crippen LogP contribution in [0.25, 0.3) is 0 Å². The zero-order chi connectivity index (χ0) is 8.55. The molecule has 64 valence electrons. The fourth-order valence-corrected chi connectivity index (χ4v) is 2.49. The number of aliphatic imine (C=N–C) groups is 1. The lowest BCUT2D eigenvalue weighted by atomic mass is 10.3. The summed E-state index contributed by atoms with van der Waals surface area (Å²) in [6.45, 7) is 0.568. The molecular weight excluding hydrogens is 240 g/mol. The van der Waals surface area contributed by atoms with Crippen LogP contribution in [-0.4, -0.2) is 12.6 Å². The fraction of sp³-hybridized carbons (Fsp3) is 0.286. The summed E-state index contributed by atoms with van der Waals surface area (Å²) in [7, 11) is 0. The highest BCUT2D eigenvalue weighted by atomic mass is 79.9. The molecule has 0 aromatic carbocycles. The summed E-state index contributed by atoms with van der Waals surface area (Å²) < 4.78 is 6.16. The van der Waals surface area contributed by atoms with E-state index in [1.54, 1.807) is 11.3 Å². The number of amidine groups is 1. The maximum Gasteiger partial charge on any atom is 0.282 e. The molecule has 12 heavy (non-hydrogen) atoms. The Balaban J connectivity index is 2.21. The number of nitrogens with zero attached hydrogens (tertiary/aromatic N) is 1. The maximum atomic E-state index is 5.39. The van der Waals surface area contributed by atoms with Crippen LogP contribution >= 0.6 is 27.3 Å². The van der Waals surface area contributed by atoms with Gasteiger partial charge in [-0.15, -0.1) is 11.3 Å². The van der Waals surface area contributed by atoms with Crippen molar-refractivity contribution in [2.45, 2.75) is 6.04 Å². The normalized spacial score (nSPS) is 22.1. The van der Waals surface area contributed by atoms with E-state index in [1.807, 2.05) is 12.1 Å². The first kappa shape index (κ1) is 8.07. The molecule has 0 fully saturated rings. The highest BCUT2D eigenvalue weighted by Crippen LogP contribution is 2.31. The minimum Gasteiger partial charge on any atom is -0.463 e. The van der Waals surface area contributed by atoms with Gasteiger partial charge in [-0.05, 0) is 28.1 Å². The van der Waals surface area contributed by atoms with Gasteiger partial charge < -0.3 is 10.5 Å². The fourth-order valence-electron chi connectivity index (χ4n) is 1.05. The molecule has 3 nitrogen and oxygen atoms in total. The van der Waals surface area contributed by atoms with E-state index in [0.29, 0.717) is 12.6 Å². The van der Waals surface area contributed by atoms with Gasteiger partial charge in [-0.25, -0.2) is 4.99 Å². The third-order valence-electron chi connectivity index (χ3n) is 1.59. The Morgan fingerprint density at radius 1 is 1.67 bits per heavy atom. The second kappa shape index (κ2) is 3.06. The molecule has 0 saturated heterocycles. The van der Waals surface area contributed by atoms with E-state index in [4.69, 9.17) is 10.5 Å². The first-order chi connectivity index (χ1) is 5.75. The van der Waals surface area contributed by atoms with Crippen molar-refractivity contribution in [3.63, 3.8) is 0 Å². The highest BCUT2D eigenvalue weighted by Gasteiger charge is 2.19.